The lowest BCUT2D eigenvalue weighted by atomic mass is 10.0. The first-order valence-electron chi connectivity index (χ1n) is 7.14. The van der Waals surface area contributed by atoms with Crippen LogP contribution < -0.4 is 10.2 Å². The van der Waals surface area contributed by atoms with Crippen LogP contribution in [0.3, 0.4) is 0 Å². The Bertz CT molecular complexity index is 406. The van der Waals surface area contributed by atoms with Gasteiger partial charge in [0, 0.05) is 19.3 Å². The van der Waals surface area contributed by atoms with E-state index in [2.05, 4.69) is 48.1 Å². The van der Waals surface area contributed by atoms with Crippen LogP contribution in [0.2, 0.25) is 0 Å². The molecule has 1 aromatic rings. The molecular weight excluding hydrogens is 238 g/mol. The maximum absolute atomic E-state index is 5.56. The maximum atomic E-state index is 5.56. The molecule has 0 amide bonds. The van der Waals surface area contributed by atoms with E-state index in [4.69, 9.17) is 4.74 Å². The summed E-state index contributed by atoms with van der Waals surface area (Å²) in [5, 5.41) is 3.43. The highest BCUT2D eigenvalue weighted by Gasteiger charge is 2.31. The molecule has 106 valence electrons. The molecule has 19 heavy (non-hydrogen) atoms. The summed E-state index contributed by atoms with van der Waals surface area (Å²) >= 11 is 0. The molecule has 1 aliphatic heterocycles. The van der Waals surface area contributed by atoms with Crippen molar-refractivity contribution in [3.8, 4) is 0 Å². The Balaban J connectivity index is 2.09. The maximum Gasteiger partial charge on any atom is 0.129 e. The molecule has 4 nitrogen and oxygen atoms in total. The molecule has 2 rings (SSSR count). The van der Waals surface area contributed by atoms with Crippen molar-refractivity contribution in [1.29, 1.82) is 0 Å². The van der Waals surface area contributed by atoms with Gasteiger partial charge in [-0.3, -0.25) is 0 Å². The molecule has 0 atom stereocenters. The molecule has 0 radical (unpaired) electrons. The van der Waals surface area contributed by atoms with E-state index in [9.17, 15) is 0 Å². The Morgan fingerprint density at radius 1 is 1.47 bits per heavy atom. The third-order valence-electron chi connectivity index (χ3n) is 3.49. The fourth-order valence-corrected chi connectivity index (χ4v) is 2.41. The number of hydrogen-bond donors (Lipinski definition) is 1. The van der Waals surface area contributed by atoms with Crippen LogP contribution in [0.15, 0.2) is 18.3 Å². The van der Waals surface area contributed by atoms with E-state index in [0.717, 1.165) is 45.1 Å². The standard InChI is InChI=1S/C15H25N3O/c1-4-6-16-11-13-5-7-17-14(10-13)18-8-9-19-12-15(18,2)3/h5,7,10,16H,4,6,8-9,11-12H2,1-3H3. The minimum absolute atomic E-state index is 0.0146. The molecule has 4 heteroatoms. The zero-order chi connectivity index (χ0) is 13.7. The summed E-state index contributed by atoms with van der Waals surface area (Å²) in [7, 11) is 0. The largest absolute Gasteiger partial charge is 0.377 e. The summed E-state index contributed by atoms with van der Waals surface area (Å²) in [6.07, 6.45) is 3.07. The molecule has 0 saturated carbocycles. The van der Waals surface area contributed by atoms with Crippen molar-refractivity contribution in [1.82, 2.24) is 10.3 Å². The Kier molecular flexibility index (Phi) is 4.77. The Morgan fingerprint density at radius 2 is 2.32 bits per heavy atom. The van der Waals surface area contributed by atoms with Crippen molar-refractivity contribution in [3.63, 3.8) is 0 Å². The molecule has 1 fully saturated rings. The van der Waals surface area contributed by atoms with Crippen molar-refractivity contribution in [2.75, 3.05) is 31.2 Å². The summed E-state index contributed by atoms with van der Waals surface area (Å²) in [6.45, 7) is 11.0. The highest BCUT2D eigenvalue weighted by Crippen LogP contribution is 2.25. The fraction of sp³-hybridized carbons (Fsp3) is 0.667. The molecule has 0 bridgehead atoms. The number of nitrogens with one attached hydrogen (secondary N) is 1. The van der Waals surface area contributed by atoms with Crippen molar-refractivity contribution >= 4 is 5.82 Å². The molecule has 0 aromatic carbocycles. The zero-order valence-corrected chi connectivity index (χ0v) is 12.3. The third kappa shape index (κ3) is 3.67. The lowest BCUT2D eigenvalue weighted by Crippen LogP contribution is -2.53. The fourth-order valence-electron chi connectivity index (χ4n) is 2.41. The molecule has 1 N–H and O–H groups in total. The first kappa shape index (κ1) is 14.3. The van der Waals surface area contributed by atoms with E-state index in [0.29, 0.717) is 0 Å². The van der Waals surface area contributed by atoms with Gasteiger partial charge in [0.25, 0.3) is 0 Å². The second kappa shape index (κ2) is 6.35. The summed E-state index contributed by atoms with van der Waals surface area (Å²) in [5.41, 5.74) is 1.31. The van der Waals surface area contributed by atoms with Gasteiger partial charge >= 0.3 is 0 Å². The average Bonchev–Trinajstić information content (AvgIpc) is 2.39. The lowest BCUT2D eigenvalue weighted by Gasteiger charge is -2.43. The van der Waals surface area contributed by atoms with Crippen molar-refractivity contribution in [2.45, 2.75) is 39.3 Å². The van der Waals surface area contributed by atoms with Crippen LogP contribution >= 0.6 is 0 Å². The monoisotopic (exact) mass is 263 g/mol. The number of pyridine rings is 1. The number of anilines is 1. The van der Waals surface area contributed by atoms with Crippen molar-refractivity contribution in [2.24, 2.45) is 0 Å². The molecular formula is C15H25N3O. The Morgan fingerprint density at radius 3 is 3.05 bits per heavy atom. The highest BCUT2D eigenvalue weighted by molar-refractivity contribution is 5.44. The van der Waals surface area contributed by atoms with E-state index < -0.39 is 0 Å². The number of hydrogen-bond acceptors (Lipinski definition) is 4. The predicted molar refractivity (Wildman–Crippen MR) is 78.5 cm³/mol. The number of nitrogens with zero attached hydrogens (tertiary/aromatic N) is 2. The lowest BCUT2D eigenvalue weighted by molar-refractivity contribution is 0.0639. The number of rotatable bonds is 5. The summed E-state index contributed by atoms with van der Waals surface area (Å²) < 4.78 is 5.56. The second-order valence-electron chi connectivity index (χ2n) is 5.72. The van der Waals surface area contributed by atoms with Gasteiger partial charge in [0.05, 0.1) is 18.8 Å². The SMILES string of the molecule is CCCNCc1ccnc(N2CCOCC2(C)C)c1. The van der Waals surface area contributed by atoms with E-state index >= 15 is 0 Å². The van der Waals surface area contributed by atoms with E-state index in [1.54, 1.807) is 0 Å². The first-order chi connectivity index (χ1) is 9.13. The van der Waals surface area contributed by atoms with Gasteiger partial charge in [0.2, 0.25) is 0 Å². The summed E-state index contributed by atoms with van der Waals surface area (Å²) in [4.78, 5) is 6.88. The molecule has 0 unspecified atom stereocenters. The van der Waals surface area contributed by atoms with E-state index in [1.807, 2.05) is 6.20 Å². The first-order valence-corrected chi connectivity index (χ1v) is 7.14. The van der Waals surface area contributed by atoms with Crippen LogP contribution in [0.5, 0.6) is 0 Å². The van der Waals surface area contributed by atoms with Crippen molar-refractivity contribution in [3.05, 3.63) is 23.9 Å². The average molecular weight is 263 g/mol. The molecule has 2 heterocycles. The molecule has 0 aliphatic carbocycles. The minimum atomic E-state index is 0.0146. The zero-order valence-electron chi connectivity index (χ0n) is 12.3. The van der Waals surface area contributed by atoms with Gasteiger partial charge in [-0.15, -0.1) is 0 Å². The quantitative estimate of drug-likeness (QED) is 0.826. The number of morpholine rings is 1. The number of aromatic nitrogens is 1. The molecule has 0 spiro atoms. The van der Waals surface area contributed by atoms with Crippen LogP contribution in [0.25, 0.3) is 0 Å². The second-order valence-corrected chi connectivity index (χ2v) is 5.72. The smallest absolute Gasteiger partial charge is 0.129 e. The Labute approximate surface area is 116 Å². The minimum Gasteiger partial charge on any atom is -0.377 e. The van der Waals surface area contributed by atoms with Gasteiger partial charge in [-0.05, 0) is 44.5 Å². The Hall–Kier alpha value is -1.13. The van der Waals surface area contributed by atoms with Crippen LogP contribution in [0.4, 0.5) is 5.82 Å². The topological polar surface area (TPSA) is 37.4 Å². The van der Waals surface area contributed by atoms with E-state index in [1.165, 1.54) is 5.56 Å². The van der Waals surface area contributed by atoms with Gasteiger partial charge in [-0.1, -0.05) is 6.92 Å². The predicted octanol–water partition coefficient (Wildman–Crippen LogP) is 2.20. The van der Waals surface area contributed by atoms with Gasteiger partial charge < -0.3 is 15.0 Å². The van der Waals surface area contributed by atoms with Crippen molar-refractivity contribution < 1.29 is 4.74 Å². The van der Waals surface area contributed by atoms with Gasteiger partial charge in [0.1, 0.15) is 5.82 Å². The van der Waals surface area contributed by atoms with Gasteiger partial charge in [-0.2, -0.15) is 0 Å². The third-order valence-corrected chi connectivity index (χ3v) is 3.49. The molecule has 1 aliphatic rings. The van der Waals surface area contributed by atoms with Crippen LogP contribution in [-0.2, 0) is 11.3 Å². The van der Waals surface area contributed by atoms with Crippen LogP contribution in [0, 0.1) is 0 Å². The molecule has 1 saturated heterocycles. The van der Waals surface area contributed by atoms with E-state index in [-0.39, 0.29) is 5.54 Å². The van der Waals surface area contributed by atoms with Gasteiger partial charge in [-0.25, -0.2) is 4.98 Å². The summed E-state index contributed by atoms with van der Waals surface area (Å²) in [6, 6.07) is 4.27. The van der Waals surface area contributed by atoms with Crippen LogP contribution in [-0.4, -0.2) is 36.8 Å². The summed E-state index contributed by atoms with van der Waals surface area (Å²) in [5.74, 6) is 1.06. The highest BCUT2D eigenvalue weighted by atomic mass is 16.5. The van der Waals surface area contributed by atoms with Gasteiger partial charge in [0.15, 0.2) is 0 Å². The number of ether oxygens (including phenoxy) is 1. The van der Waals surface area contributed by atoms with Crippen LogP contribution in [0.1, 0.15) is 32.8 Å². The molecule has 1 aromatic heterocycles. The normalized spacial score (nSPS) is 18.6.